The zero-order valence-electron chi connectivity index (χ0n) is 16.6. The van der Waals surface area contributed by atoms with E-state index in [1.807, 2.05) is 32.9 Å². The van der Waals surface area contributed by atoms with Gasteiger partial charge in [0.15, 0.2) is 0 Å². The lowest BCUT2D eigenvalue weighted by Gasteiger charge is -2.39. The van der Waals surface area contributed by atoms with Crippen LogP contribution in [0.2, 0.25) is 0 Å². The van der Waals surface area contributed by atoms with Crippen LogP contribution < -0.4 is 5.32 Å². The standard InChI is InChI=1S/C21H30N2O4/c1-14(2)12-17(22-18(24)16-9-6-5-8-15(16)3)19(25)23-11-7-10-21(4,13-23)20(26)27/h5-6,8-9,14,17H,7,10-13H2,1-4H3,(H,22,24)(H,26,27). The molecule has 0 saturated carbocycles. The number of rotatable bonds is 6. The smallest absolute Gasteiger partial charge is 0.311 e. The number of likely N-dealkylation sites (tertiary alicyclic amines) is 1. The van der Waals surface area contributed by atoms with Crippen LogP contribution in [0.15, 0.2) is 24.3 Å². The first-order chi connectivity index (χ1) is 12.6. The Bertz CT molecular complexity index is 716. The molecule has 0 aromatic heterocycles. The molecular formula is C21H30N2O4. The summed E-state index contributed by atoms with van der Waals surface area (Å²) < 4.78 is 0. The van der Waals surface area contributed by atoms with Crippen LogP contribution in [-0.4, -0.2) is 46.9 Å². The molecule has 6 nitrogen and oxygen atoms in total. The van der Waals surface area contributed by atoms with Crippen molar-refractivity contribution in [3.8, 4) is 0 Å². The van der Waals surface area contributed by atoms with E-state index < -0.39 is 17.4 Å². The minimum atomic E-state index is -0.934. The van der Waals surface area contributed by atoms with Gasteiger partial charge in [0.2, 0.25) is 5.91 Å². The molecule has 1 aromatic carbocycles. The van der Waals surface area contributed by atoms with Gasteiger partial charge in [0.1, 0.15) is 6.04 Å². The van der Waals surface area contributed by atoms with Crippen molar-refractivity contribution in [2.75, 3.05) is 13.1 Å². The molecular weight excluding hydrogens is 344 g/mol. The zero-order valence-corrected chi connectivity index (χ0v) is 16.6. The maximum atomic E-state index is 13.1. The van der Waals surface area contributed by atoms with Gasteiger partial charge in [0, 0.05) is 18.7 Å². The van der Waals surface area contributed by atoms with E-state index in [1.54, 1.807) is 24.0 Å². The molecule has 0 bridgehead atoms. The minimum absolute atomic E-state index is 0.177. The van der Waals surface area contributed by atoms with Crippen LogP contribution in [0.1, 0.15) is 56.0 Å². The van der Waals surface area contributed by atoms with Gasteiger partial charge in [0.25, 0.3) is 5.91 Å². The summed E-state index contributed by atoms with van der Waals surface area (Å²) in [4.78, 5) is 39.0. The molecule has 0 aliphatic carbocycles. The Kier molecular flexibility index (Phi) is 6.63. The number of carbonyl (C=O) groups is 3. The number of nitrogens with one attached hydrogen (secondary N) is 1. The second kappa shape index (κ2) is 8.55. The molecule has 148 valence electrons. The van der Waals surface area contributed by atoms with Gasteiger partial charge in [-0.15, -0.1) is 0 Å². The first kappa shape index (κ1) is 20.9. The van der Waals surface area contributed by atoms with Crippen molar-refractivity contribution in [2.45, 2.75) is 53.0 Å². The highest BCUT2D eigenvalue weighted by atomic mass is 16.4. The van der Waals surface area contributed by atoms with Gasteiger partial charge in [-0.1, -0.05) is 32.0 Å². The summed E-state index contributed by atoms with van der Waals surface area (Å²) in [6, 6.07) is 6.60. The molecule has 2 amide bonds. The number of aliphatic carboxylic acids is 1. The Morgan fingerprint density at radius 2 is 1.93 bits per heavy atom. The number of amides is 2. The number of aryl methyl sites for hydroxylation is 1. The molecule has 1 aliphatic heterocycles. The lowest BCUT2D eigenvalue weighted by Crippen LogP contribution is -2.55. The topological polar surface area (TPSA) is 86.7 Å². The number of nitrogens with zero attached hydrogens (tertiary/aromatic N) is 1. The van der Waals surface area contributed by atoms with Gasteiger partial charge in [-0.05, 0) is 50.7 Å². The molecule has 0 radical (unpaired) electrons. The van der Waals surface area contributed by atoms with Crippen LogP contribution in [0.3, 0.4) is 0 Å². The van der Waals surface area contributed by atoms with E-state index in [1.165, 1.54) is 0 Å². The molecule has 0 spiro atoms. The highest BCUT2D eigenvalue weighted by molar-refractivity contribution is 5.98. The van der Waals surface area contributed by atoms with Gasteiger partial charge >= 0.3 is 5.97 Å². The summed E-state index contributed by atoms with van der Waals surface area (Å²) in [7, 11) is 0. The van der Waals surface area contributed by atoms with Crippen LogP contribution in [-0.2, 0) is 9.59 Å². The van der Waals surface area contributed by atoms with E-state index in [0.29, 0.717) is 31.4 Å². The average molecular weight is 374 g/mol. The van der Waals surface area contributed by atoms with E-state index in [4.69, 9.17) is 0 Å². The average Bonchev–Trinajstić information content (AvgIpc) is 2.60. The number of carbonyl (C=O) groups excluding carboxylic acids is 2. The van der Waals surface area contributed by atoms with E-state index in [9.17, 15) is 19.5 Å². The Morgan fingerprint density at radius 3 is 2.52 bits per heavy atom. The SMILES string of the molecule is Cc1ccccc1C(=O)NC(CC(C)C)C(=O)N1CCCC(C)(C(=O)O)C1. The van der Waals surface area contributed by atoms with Crippen molar-refractivity contribution in [1.29, 1.82) is 0 Å². The van der Waals surface area contributed by atoms with Crippen molar-refractivity contribution in [3.63, 3.8) is 0 Å². The number of carboxylic acid groups (broad SMARTS) is 1. The third-order valence-electron chi connectivity index (χ3n) is 5.22. The molecule has 1 heterocycles. The largest absolute Gasteiger partial charge is 0.481 e. The van der Waals surface area contributed by atoms with Crippen molar-refractivity contribution >= 4 is 17.8 Å². The number of benzene rings is 1. The third kappa shape index (κ3) is 5.08. The molecule has 1 saturated heterocycles. The van der Waals surface area contributed by atoms with Crippen molar-refractivity contribution in [1.82, 2.24) is 10.2 Å². The Balaban J connectivity index is 2.17. The Labute approximate surface area is 160 Å². The van der Waals surface area contributed by atoms with Crippen LogP contribution >= 0.6 is 0 Å². The van der Waals surface area contributed by atoms with Crippen molar-refractivity contribution in [2.24, 2.45) is 11.3 Å². The molecule has 1 fully saturated rings. The maximum absolute atomic E-state index is 13.1. The monoisotopic (exact) mass is 374 g/mol. The van der Waals surface area contributed by atoms with Gasteiger partial charge in [0.05, 0.1) is 5.41 Å². The summed E-state index contributed by atoms with van der Waals surface area (Å²) in [5.41, 5.74) is 0.464. The predicted molar refractivity (Wildman–Crippen MR) is 103 cm³/mol. The van der Waals surface area contributed by atoms with Gasteiger partial charge in [-0.25, -0.2) is 0 Å². The van der Waals surface area contributed by atoms with Crippen molar-refractivity contribution in [3.05, 3.63) is 35.4 Å². The quantitative estimate of drug-likeness (QED) is 0.802. The van der Waals surface area contributed by atoms with Gasteiger partial charge in [-0.2, -0.15) is 0 Å². The zero-order chi connectivity index (χ0) is 20.2. The normalized spacial score (nSPS) is 21.0. The van der Waals surface area contributed by atoms with E-state index >= 15 is 0 Å². The predicted octanol–water partition coefficient (Wildman–Crippen LogP) is 2.85. The maximum Gasteiger partial charge on any atom is 0.311 e. The summed E-state index contributed by atoms with van der Waals surface area (Å²) in [6.07, 6.45) is 1.71. The van der Waals surface area contributed by atoms with E-state index in [0.717, 1.165) is 5.56 Å². The summed E-state index contributed by atoms with van der Waals surface area (Å²) in [5.74, 6) is -1.14. The third-order valence-corrected chi connectivity index (χ3v) is 5.22. The summed E-state index contributed by atoms with van der Waals surface area (Å²) in [6.45, 7) is 8.23. The highest BCUT2D eigenvalue weighted by Crippen LogP contribution is 2.30. The Hall–Kier alpha value is -2.37. The number of hydrogen-bond donors (Lipinski definition) is 2. The molecule has 2 atom stereocenters. The van der Waals surface area contributed by atoms with Crippen LogP contribution in [0.5, 0.6) is 0 Å². The van der Waals surface area contributed by atoms with Crippen LogP contribution in [0.25, 0.3) is 0 Å². The number of carboxylic acids is 1. The fourth-order valence-electron chi connectivity index (χ4n) is 3.58. The minimum Gasteiger partial charge on any atom is -0.481 e. The fraction of sp³-hybridized carbons (Fsp3) is 0.571. The second-order valence-electron chi connectivity index (χ2n) is 8.20. The fourth-order valence-corrected chi connectivity index (χ4v) is 3.58. The number of piperidine rings is 1. The molecule has 27 heavy (non-hydrogen) atoms. The first-order valence-electron chi connectivity index (χ1n) is 9.53. The number of hydrogen-bond acceptors (Lipinski definition) is 3. The van der Waals surface area contributed by atoms with Gasteiger partial charge < -0.3 is 15.3 Å². The van der Waals surface area contributed by atoms with E-state index in [2.05, 4.69) is 5.32 Å². The van der Waals surface area contributed by atoms with Crippen LogP contribution in [0, 0.1) is 18.3 Å². The molecule has 6 heteroatoms. The lowest BCUT2D eigenvalue weighted by atomic mass is 9.81. The molecule has 1 aliphatic rings. The second-order valence-corrected chi connectivity index (χ2v) is 8.20. The molecule has 1 aromatic rings. The first-order valence-corrected chi connectivity index (χ1v) is 9.53. The van der Waals surface area contributed by atoms with E-state index in [-0.39, 0.29) is 24.3 Å². The Morgan fingerprint density at radius 1 is 1.26 bits per heavy atom. The summed E-state index contributed by atoms with van der Waals surface area (Å²) in [5, 5.41) is 12.4. The molecule has 2 unspecified atom stereocenters. The summed E-state index contributed by atoms with van der Waals surface area (Å²) >= 11 is 0. The highest BCUT2D eigenvalue weighted by Gasteiger charge is 2.41. The lowest BCUT2D eigenvalue weighted by molar-refractivity contribution is -0.154. The van der Waals surface area contributed by atoms with Crippen LogP contribution in [0.4, 0.5) is 0 Å². The molecule has 2 rings (SSSR count). The van der Waals surface area contributed by atoms with Crippen molar-refractivity contribution < 1.29 is 19.5 Å². The van der Waals surface area contributed by atoms with Gasteiger partial charge in [-0.3, -0.25) is 14.4 Å². The molecule has 2 N–H and O–H groups in total.